The number of ether oxygens (including phenoxy) is 1. The summed E-state index contributed by atoms with van der Waals surface area (Å²) in [5.41, 5.74) is 1.01. The molecule has 2 aromatic carbocycles. The molecule has 0 N–H and O–H groups in total. The summed E-state index contributed by atoms with van der Waals surface area (Å²) in [6.07, 6.45) is 0.737. The van der Waals surface area contributed by atoms with E-state index in [1.54, 1.807) is 0 Å². The molecular formula is C28H39ClN4O4. The van der Waals surface area contributed by atoms with Crippen molar-refractivity contribution in [2.24, 2.45) is 26.5 Å². The van der Waals surface area contributed by atoms with Crippen LogP contribution < -0.4 is 4.90 Å². The van der Waals surface area contributed by atoms with Crippen molar-refractivity contribution < 1.29 is 14.5 Å². The number of hydrogen-bond donors (Lipinski definition) is 0. The van der Waals surface area contributed by atoms with Crippen molar-refractivity contribution in [1.29, 1.82) is 0 Å². The molecule has 2 aromatic rings. The number of anilines is 1. The lowest BCUT2D eigenvalue weighted by atomic mass is 9.61. The summed E-state index contributed by atoms with van der Waals surface area (Å²) in [5.74, 6) is -0.161. The highest BCUT2D eigenvalue weighted by atomic mass is 35.5. The minimum Gasteiger partial charge on any atom is -0.463 e. The highest BCUT2D eigenvalue weighted by molar-refractivity contribution is 6.33. The fourth-order valence-corrected chi connectivity index (χ4v) is 4.33. The van der Waals surface area contributed by atoms with E-state index in [1.165, 1.54) is 18.2 Å². The minimum absolute atomic E-state index is 0.000599. The Bertz CT molecular complexity index is 1120. The van der Waals surface area contributed by atoms with Gasteiger partial charge in [-0.1, -0.05) is 53.1 Å². The Balaban J connectivity index is 2.03. The average Bonchev–Trinajstić information content (AvgIpc) is 2.79. The Morgan fingerprint density at radius 3 is 2.14 bits per heavy atom. The van der Waals surface area contributed by atoms with Gasteiger partial charge in [-0.3, -0.25) is 14.9 Å². The normalized spacial score (nSPS) is 13.9. The van der Waals surface area contributed by atoms with E-state index in [2.05, 4.69) is 56.7 Å². The Labute approximate surface area is 225 Å². The maximum atomic E-state index is 13.2. The first kappa shape index (κ1) is 30.2. The zero-order valence-electron chi connectivity index (χ0n) is 23.2. The van der Waals surface area contributed by atoms with Crippen LogP contribution in [0.2, 0.25) is 5.02 Å². The second-order valence-corrected chi connectivity index (χ2v) is 12.1. The molecule has 8 nitrogen and oxygen atoms in total. The van der Waals surface area contributed by atoms with Crippen molar-refractivity contribution in [1.82, 2.24) is 0 Å². The second-order valence-electron chi connectivity index (χ2n) is 11.6. The third-order valence-corrected chi connectivity index (χ3v) is 6.90. The largest absolute Gasteiger partial charge is 0.463 e. The fraction of sp³-hybridized carbons (Fsp3) is 0.536. The standard InChI is InChI=1S/C28H39ClN4O4/c1-9-32(16-17-37-25(34)28(8,27(5,6)7)19-26(2,3)4)21-12-10-20(11-13-21)30-31-24-15-14-22(33(35)36)18-23(24)29/h10-15,18H,9,16-17,19H2,1-8H3. The molecule has 0 aliphatic rings. The lowest BCUT2D eigenvalue weighted by Crippen LogP contribution is -2.45. The molecule has 0 fully saturated rings. The van der Waals surface area contributed by atoms with E-state index in [9.17, 15) is 14.9 Å². The first-order valence-corrected chi connectivity index (χ1v) is 12.8. The van der Waals surface area contributed by atoms with E-state index in [4.69, 9.17) is 16.3 Å². The molecule has 0 aliphatic heterocycles. The van der Waals surface area contributed by atoms with E-state index in [0.717, 1.165) is 18.7 Å². The summed E-state index contributed by atoms with van der Waals surface area (Å²) >= 11 is 6.08. The summed E-state index contributed by atoms with van der Waals surface area (Å²) in [5, 5.41) is 19.3. The molecule has 9 heteroatoms. The highest BCUT2D eigenvalue weighted by Crippen LogP contribution is 2.47. The van der Waals surface area contributed by atoms with Crippen LogP contribution in [0.5, 0.6) is 0 Å². The molecule has 2 rings (SSSR count). The van der Waals surface area contributed by atoms with E-state index in [0.29, 0.717) is 24.5 Å². The summed E-state index contributed by atoms with van der Waals surface area (Å²) in [4.78, 5) is 25.7. The molecular weight excluding hydrogens is 492 g/mol. The Morgan fingerprint density at radius 2 is 1.65 bits per heavy atom. The van der Waals surface area contributed by atoms with Crippen LogP contribution in [0, 0.1) is 26.4 Å². The molecule has 0 radical (unpaired) electrons. The van der Waals surface area contributed by atoms with E-state index in [-0.39, 0.29) is 27.5 Å². The number of nitrogens with zero attached hydrogens (tertiary/aromatic N) is 4. The van der Waals surface area contributed by atoms with Gasteiger partial charge in [0, 0.05) is 24.4 Å². The molecule has 0 heterocycles. The first-order chi connectivity index (χ1) is 17.1. The third kappa shape index (κ3) is 8.25. The molecule has 202 valence electrons. The second kappa shape index (κ2) is 12.0. The van der Waals surface area contributed by atoms with Crippen LogP contribution in [0.25, 0.3) is 0 Å². The number of likely N-dealkylation sites (N-methyl/N-ethyl adjacent to an activating group) is 1. The molecule has 1 atom stereocenters. The maximum Gasteiger partial charge on any atom is 0.312 e. The number of hydrogen-bond acceptors (Lipinski definition) is 7. The summed E-state index contributed by atoms with van der Waals surface area (Å²) in [7, 11) is 0. The Morgan fingerprint density at radius 1 is 1.03 bits per heavy atom. The minimum atomic E-state index is -0.596. The molecule has 0 saturated carbocycles. The molecule has 0 saturated heterocycles. The van der Waals surface area contributed by atoms with Gasteiger partial charge >= 0.3 is 5.97 Å². The van der Waals surface area contributed by atoms with Gasteiger partial charge in [0.15, 0.2) is 0 Å². The molecule has 0 bridgehead atoms. The lowest BCUT2D eigenvalue weighted by molar-refractivity contribution is -0.384. The van der Waals surface area contributed by atoms with Crippen LogP contribution >= 0.6 is 11.6 Å². The zero-order chi connectivity index (χ0) is 28.0. The van der Waals surface area contributed by atoms with Gasteiger partial charge in [-0.05, 0) is 61.4 Å². The molecule has 0 amide bonds. The van der Waals surface area contributed by atoms with Gasteiger partial charge in [0.05, 0.1) is 27.6 Å². The van der Waals surface area contributed by atoms with Crippen molar-refractivity contribution in [2.75, 3.05) is 24.6 Å². The highest BCUT2D eigenvalue weighted by Gasteiger charge is 2.47. The van der Waals surface area contributed by atoms with Crippen molar-refractivity contribution >= 4 is 40.3 Å². The van der Waals surface area contributed by atoms with Gasteiger partial charge in [-0.25, -0.2) is 0 Å². The number of carbonyl (C=O) groups excluding carboxylic acids is 1. The van der Waals surface area contributed by atoms with Crippen LogP contribution in [-0.2, 0) is 9.53 Å². The number of nitro groups is 1. The lowest BCUT2D eigenvalue weighted by Gasteiger charge is -2.43. The number of halogens is 1. The van der Waals surface area contributed by atoms with Crippen molar-refractivity contribution in [3.05, 3.63) is 57.6 Å². The number of esters is 1. The first-order valence-electron chi connectivity index (χ1n) is 12.5. The summed E-state index contributed by atoms with van der Waals surface area (Å²) < 4.78 is 5.81. The van der Waals surface area contributed by atoms with E-state index >= 15 is 0 Å². The predicted octanol–water partition coefficient (Wildman–Crippen LogP) is 8.52. The zero-order valence-corrected chi connectivity index (χ0v) is 23.9. The molecule has 1 unspecified atom stereocenters. The monoisotopic (exact) mass is 530 g/mol. The van der Waals surface area contributed by atoms with Gasteiger partial charge in [0.2, 0.25) is 0 Å². The topological polar surface area (TPSA) is 97.4 Å². The Kier molecular flexibility index (Phi) is 9.83. The third-order valence-electron chi connectivity index (χ3n) is 6.60. The van der Waals surface area contributed by atoms with Crippen LogP contribution in [0.4, 0.5) is 22.7 Å². The SMILES string of the molecule is CCN(CCOC(=O)C(C)(CC(C)(C)C)C(C)(C)C)c1ccc(N=Nc2ccc([N+](=O)[O-])cc2Cl)cc1. The Hall–Kier alpha value is -3.00. The van der Waals surface area contributed by atoms with E-state index in [1.807, 2.05) is 38.1 Å². The van der Waals surface area contributed by atoms with Gasteiger partial charge in [0.25, 0.3) is 5.69 Å². The van der Waals surface area contributed by atoms with E-state index < -0.39 is 10.3 Å². The van der Waals surface area contributed by atoms with Crippen LogP contribution in [0.3, 0.4) is 0 Å². The number of benzene rings is 2. The summed E-state index contributed by atoms with van der Waals surface area (Å²) in [6.45, 7) is 18.4. The fourth-order valence-electron chi connectivity index (χ4n) is 4.11. The number of carbonyl (C=O) groups is 1. The van der Waals surface area contributed by atoms with Gasteiger partial charge < -0.3 is 9.64 Å². The number of rotatable bonds is 10. The maximum absolute atomic E-state index is 13.2. The average molecular weight is 531 g/mol. The quantitative estimate of drug-likeness (QED) is 0.133. The predicted molar refractivity (Wildman–Crippen MR) is 149 cm³/mol. The van der Waals surface area contributed by atoms with Gasteiger partial charge in [-0.15, -0.1) is 5.11 Å². The van der Waals surface area contributed by atoms with Crippen molar-refractivity contribution in [3.63, 3.8) is 0 Å². The number of azo groups is 1. The smallest absolute Gasteiger partial charge is 0.312 e. The molecule has 0 aromatic heterocycles. The number of non-ortho nitro benzene ring substituents is 1. The van der Waals surface area contributed by atoms with Gasteiger partial charge in [-0.2, -0.15) is 5.11 Å². The van der Waals surface area contributed by atoms with Crippen molar-refractivity contribution in [2.45, 2.75) is 61.8 Å². The molecule has 0 spiro atoms. The van der Waals surface area contributed by atoms with Crippen molar-refractivity contribution in [3.8, 4) is 0 Å². The van der Waals surface area contributed by atoms with Crippen LogP contribution in [0.15, 0.2) is 52.7 Å². The summed E-state index contributed by atoms with van der Waals surface area (Å²) in [6, 6.07) is 11.6. The van der Waals surface area contributed by atoms with Crippen LogP contribution in [0.1, 0.15) is 61.8 Å². The van der Waals surface area contributed by atoms with Gasteiger partial charge in [0.1, 0.15) is 12.3 Å². The molecule has 0 aliphatic carbocycles. The number of nitro benzene ring substituents is 1. The molecule has 37 heavy (non-hydrogen) atoms. The van der Waals surface area contributed by atoms with Crippen LogP contribution in [-0.4, -0.2) is 30.6 Å².